The van der Waals surface area contributed by atoms with E-state index in [1.54, 1.807) is 0 Å². The summed E-state index contributed by atoms with van der Waals surface area (Å²) >= 11 is 0. The number of cyclic esters (lactones) is 1. The van der Waals surface area contributed by atoms with Crippen LogP contribution in [0.15, 0.2) is 23.8 Å². The lowest BCUT2D eigenvalue weighted by Gasteiger charge is -2.44. The van der Waals surface area contributed by atoms with E-state index < -0.39 is 36.8 Å². The lowest BCUT2D eigenvalue weighted by Crippen LogP contribution is -2.43. The second kappa shape index (κ2) is 9.25. The molecule has 1 unspecified atom stereocenters. The van der Waals surface area contributed by atoms with Gasteiger partial charge in [-0.3, -0.25) is 9.59 Å². The quantitative estimate of drug-likeness (QED) is 0.605. The third-order valence-corrected chi connectivity index (χ3v) is 6.72. The topological polar surface area (TPSA) is 72.8 Å². The molecule has 0 amide bonds. The molecule has 3 aliphatic rings. The molecule has 1 fully saturated rings. The van der Waals surface area contributed by atoms with E-state index in [1.807, 2.05) is 6.92 Å². The summed E-state index contributed by atoms with van der Waals surface area (Å²) in [6.45, 7) is 3.71. The van der Waals surface area contributed by atoms with Gasteiger partial charge in [0.15, 0.2) is 0 Å². The van der Waals surface area contributed by atoms with Gasteiger partial charge in [0.25, 0.3) is 0 Å². The van der Waals surface area contributed by atoms with Crippen molar-refractivity contribution in [3.05, 3.63) is 23.8 Å². The molecule has 7 atom stereocenters. The summed E-state index contributed by atoms with van der Waals surface area (Å²) in [5.74, 6) is -1.01. The molecule has 168 valence electrons. The Morgan fingerprint density at radius 3 is 2.93 bits per heavy atom. The number of carbonyl (C=O) groups is 2. The van der Waals surface area contributed by atoms with Crippen LogP contribution in [0.1, 0.15) is 79.9 Å². The molecule has 5 nitrogen and oxygen atoms in total. The predicted molar refractivity (Wildman–Crippen MR) is 115 cm³/mol. The van der Waals surface area contributed by atoms with Gasteiger partial charge in [-0.1, -0.05) is 38.9 Å². The van der Waals surface area contributed by atoms with E-state index in [0.29, 0.717) is 25.7 Å². The zero-order valence-corrected chi connectivity index (χ0v) is 18.4. The van der Waals surface area contributed by atoms with Gasteiger partial charge in [-0.05, 0) is 62.8 Å². The van der Waals surface area contributed by atoms with Gasteiger partial charge in [-0.25, -0.2) is 0 Å². The summed E-state index contributed by atoms with van der Waals surface area (Å²) in [4.78, 5) is 25.2. The van der Waals surface area contributed by atoms with E-state index in [4.69, 9.17) is 17.8 Å². The third-order valence-electron chi connectivity index (χ3n) is 6.72. The third kappa shape index (κ3) is 5.16. The van der Waals surface area contributed by atoms with Crippen LogP contribution >= 0.6 is 0 Å². The number of aliphatic hydroxyl groups excluding tert-OH is 1. The van der Waals surface area contributed by atoms with E-state index in [1.165, 1.54) is 13.8 Å². The number of aliphatic hydroxyl groups is 1. The first-order chi connectivity index (χ1) is 16.6. The van der Waals surface area contributed by atoms with Crippen LogP contribution in [0.4, 0.5) is 0 Å². The Hall–Kier alpha value is -1.62. The number of carbonyl (C=O) groups excluding carboxylic acids is 2. The standard InChI is InChI=1S/C25H38O5/c1-6-25(4,5)24(28)30-21-12-15(2)11-17-8-7-16(3)20(23(17)21)10-9-19-13-18(26)14-22(27)29-19/h7-8,11,15-16,18-21,23,26H,6,9-10,12-14H2,1-5H3/t15-,16-,18+,19?,20-,21-,23-/m0/s1/i1D3,6D2,26D. The van der Waals surface area contributed by atoms with Gasteiger partial charge in [0.2, 0.25) is 1.43 Å². The second-order valence-corrected chi connectivity index (χ2v) is 9.73. The Balaban J connectivity index is 1.81. The first-order valence-electron chi connectivity index (χ1n) is 13.9. The molecular weight excluding hydrogens is 380 g/mol. The summed E-state index contributed by atoms with van der Waals surface area (Å²) in [5.41, 5.74) is -0.824. The summed E-state index contributed by atoms with van der Waals surface area (Å²) in [7, 11) is 0. The summed E-state index contributed by atoms with van der Waals surface area (Å²) in [5, 5.41) is 4.65. The molecule has 1 saturated heterocycles. The molecule has 0 bridgehead atoms. The van der Waals surface area contributed by atoms with Crippen LogP contribution in [0.2, 0.25) is 0 Å². The highest BCUT2D eigenvalue weighted by Crippen LogP contribution is 2.45. The maximum absolute atomic E-state index is 13.3. The summed E-state index contributed by atoms with van der Waals surface area (Å²) in [6, 6.07) is 0. The van der Waals surface area contributed by atoms with Crippen LogP contribution in [0.25, 0.3) is 0 Å². The van der Waals surface area contributed by atoms with Gasteiger partial charge in [0, 0.05) is 19.2 Å². The number of hydrogen-bond donors (Lipinski definition) is 1. The minimum Gasteiger partial charge on any atom is -0.462 e. The lowest BCUT2D eigenvalue weighted by molar-refractivity contribution is -0.166. The van der Waals surface area contributed by atoms with Crippen molar-refractivity contribution in [3.63, 3.8) is 0 Å². The molecule has 0 spiro atoms. The van der Waals surface area contributed by atoms with E-state index in [9.17, 15) is 9.59 Å². The highest BCUT2D eigenvalue weighted by Gasteiger charge is 2.43. The second-order valence-electron chi connectivity index (χ2n) is 9.73. The van der Waals surface area contributed by atoms with Crippen molar-refractivity contribution >= 4 is 11.9 Å². The maximum atomic E-state index is 13.3. The average molecular weight is 425 g/mol. The Morgan fingerprint density at radius 2 is 2.20 bits per heavy atom. The normalized spacial score (nSPS) is 40.3. The largest absolute Gasteiger partial charge is 0.462 e. The Labute approximate surface area is 189 Å². The Kier molecular flexibility index (Phi) is 4.96. The number of hydrogen-bond acceptors (Lipinski definition) is 5. The van der Waals surface area contributed by atoms with Crippen LogP contribution in [0, 0.1) is 29.1 Å². The van der Waals surface area contributed by atoms with Gasteiger partial charge in [0.05, 0.1) is 17.9 Å². The van der Waals surface area contributed by atoms with Crippen molar-refractivity contribution in [3.8, 4) is 0 Å². The highest BCUT2D eigenvalue weighted by molar-refractivity contribution is 5.76. The van der Waals surface area contributed by atoms with Gasteiger partial charge >= 0.3 is 11.9 Å². The summed E-state index contributed by atoms with van der Waals surface area (Å²) < 4.78 is 57.8. The zero-order chi connectivity index (χ0) is 27.1. The molecule has 0 aromatic carbocycles. The lowest BCUT2D eigenvalue weighted by atomic mass is 9.65. The molecule has 5 heteroatoms. The van der Waals surface area contributed by atoms with Crippen molar-refractivity contribution in [2.24, 2.45) is 29.1 Å². The fourth-order valence-electron chi connectivity index (χ4n) is 4.96. The molecule has 0 radical (unpaired) electrons. The molecule has 2 aliphatic carbocycles. The minimum atomic E-state index is -2.98. The molecule has 1 heterocycles. The summed E-state index contributed by atoms with van der Waals surface area (Å²) in [6.07, 6.45) is 4.60. The Bertz CT molecular complexity index is 896. The molecule has 0 aromatic heterocycles. The molecular formula is C25H38O5. The molecule has 1 aliphatic heterocycles. The zero-order valence-electron chi connectivity index (χ0n) is 24.4. The van der Waals surface area contributed by atoms with Gasteiger partial charge in [0.1, 0.15) is 12.2 Å². The molecule has 1 N–H and O–H groups in total. The monoisotopic (exact) mass is 424 g/mol. The van der Waals surface area contributed by atoms with Crippen molar-refractivity contribution in [2.45, 2.75) is 91.3 Å². The number of fused-ring (bicyclic) bond motifs is 1. The van der Waals surface area contributed by atoms with Crippen LogP contribution < -0.4 is 0 Å². The smallest absolute Gasteiger partial charge is 0.311 e. The van der Waals surface area contributed by atoms with Gasteiger partial charge < -0.3 is 14.6 Å². The maximum Gasteiger partial charge on any atom is 0.311 e. The fraction of sp³-hybridized carbons (Fsp3) is 0.760. The first-order valence-corrected chi connectivity index (χ1v) is 11.0. The minimum absolute atomic E-state index is 0.0741. The molecule has 0 aromatic rings. The first kappa shape index (κ1) is 16.1. The SMILES string of the molecule is [2H]O[C@H]1CC(=O)OC(CC[C@@H]2[C@@H]3C(=C[C@H](C)C[C@@H]3OC(=O)C(C)(C)C([2H])([2H])C([2H])([2H])[2H])C=C[C@@H]2C)C1. The number of esters is 2. The average Bonchev–Trinajstić information content (AvgIpc) is 2.77. The fourth-order valence-corrected chi connectivity index (χ4v) is 4.96. The van der Waals surface area contributed by atoms with Crippen LogP contribution in [-0.2, 0) is 19.1 Å². The number of allylic oxidation sites excluding steroid dienone is 3. The number of rotatable bonds is 7. The van der Waals surface area contributed by atoms with Gasteiger partial charge in [-0.2, -0.15) is 0 Å². The highest BCUT2D eigenvalue weighted by atomic mass is 16.6. The molecule has 3 rings (SSSR count). The van der Waals surface area contributed by atoms with Gasteiger partial charge in [-0.15, -0.1) is 0 Å². The van der Waals surface area contributed by atoms with Crippen molar-refractivity contribution in [1.29, 1.82) is 1.43 Å². The van der Waals surface area contributed by atoms with E-state index in [-0.39, 0.29) is 42.2 Å². The molecule has 30 heavy (non-hydrogen) atoms. The number of ether oxygens (including phenoxy) is 2. The van der Waals surface area contributed by atoms with E-state index in [0.717, 1.165) is 5.57 Å². The van der Waals surface area contributed by atoms with E-state index >= 15 is 0 Å². The molecule has 0 saturated carbocycles. The van der Waals surface area contributed by atoms with Crippen molar-refractivity contribution in [1.82, 2.24) is 0 Å². The van der Waals surface area contributed by atoms with Crippen molar-refractivity contribution in [2.75, 3.05) is 0 Å². The van der Waals surface area contributed by atoms with Crippen LogP contribution in [0.3, 0.4) is 0 Å². The van der Waals surface area contributed by atoms with Crippen LogP contribution in [0.5, 0.6) is 0 Å². The Morgan fingerprint density at radius 1 is 1.40 bits per heavy atom. The van der Waals surface area contributed by atoms with Crippen LogP contribution in [-0.4, -0.2) is 36.8 Å². The predicted octanol–water partition coefficient (Wildman–Crippen LogP) is 4.59. The van der Waals surface area contributed by atoms with Crippen molar-refractivity contribution < 1.29 is 31.0 Å². The van der Waals surface area contributed by atoms with E-state index in [2.05, 4.69) is 30.3 Å².